The number of hydrogen-bond acceptors (Lipinski definition) is 3. The zero-order chi connectivity index (χ0) is 17.3. The molecule has 130 valence electrons. The van der Waals surface area contributed by atoms with Crippen molar-refractivity contribution in [3.05, 3.63) is 29.6 Å². The van der Waals surface area contributed by atoms with E-state index >= 15 is 0 Å². The average molecular weight is 334 g/mol. The summed E-state index contributed by atoms with van der Waals surface area (Å²) in [6, 6.07) is 4.43. The van der Waals surface area contributed by atoms with Gasteiger partial charge in [0.2, 0.25) is 11.8 Å². The number of amides is 2. The molecule has 2 atom stereocenters. The molecule has 2 heterocycles. The highest BCUT2D eigenvalue weighted by Gasteiger charge is 2.30. The van der Waals surface area contributed by atoms with Gasteiger partial charge in [0.25, 0.3) is 0 Å². The summed E-state index contributed by atoms with van der Waals surface area (Å²) in [4.78, 5) is 27.9. The third-order valence-corrected chi connectivity index (χ3v) is 5.05. The van der Waals surface area contributed by atoms with E-state index in [0.717, 1.165) is 12.0 Å². The van der Waals surface area contributed by atoms with Crippen molar-refractivity contribution in [3.8, 4) is 0 Å². The highest BCUT2D eigenvalue weighted by Crippen LogP contribution is 2.29. The number of aliphatic hydroxyl groups excluding tert-OH is 1. The monoisotopic (exact) mass is 334 g/mol. The summed E-state index contributed by atoms with van der Waals surface area (Å²) in [5.74, 6) is -0.194. The van der Waals surface area contributed by atoms with Crippen LogP contribution in [0.1, 0.15) is 31.7 Å². The summed E-state index contributed by atoms with van der Waals surface area (Å²) in [6.45, 7) is 3.30. The molecule has 2 amide bonds. The Morgan fingerprint density at radius 2 is 2.21 bits per heavy atom. The first-order valence-electron chi connectivity index (χ1n) is 8.50. The number of carbonyl (C=O) groups excluding carboxylic acids is 2. The van der Waals surface area contributed by atoms with E-state index in [1.807, 2.05) is 0 Å². The Labute approximate surface area is 141 Å². The molecular formula is C18H23FN2O3. The second-order valence-electron chi connectivity index (χ2n) is 6.70. The van der Waals surface area contributed by atoms with E-state index < -0.39 is 6.10 Å². The minimum absolute atomic E-state index is 0.000171. The van der Waals surface area contributed by atoms with Crippen LogP contribution in [0.25, 0.3) is 0 Å². The first-order valence-corrected chi connectivity index (χ1v) is 8.50. The standard InChI is InChI=1S/C18H23FN2O3/c1-12(22)14-6-8-20(11-14)17(23)7-9-21-16-4-3-15(19)10-13(16)2-5-18(21)24/h3-4,10,12,14,22H,2,5-9,11H2,1H3. The molecule has 2 unspecified atom stereocenters. The summed E-state index contributed by atoms with van der Waals surface area (Å²) in [5.41, 5.74) is 1.53. The summed E-state index contributed by atoms with van der Waals surface area (Å²) in [6.07, 6.45) is 1.54. The van der Waals surface area contributed by atoms with Crippen molar-refractivity contribution in [2.45, 2.75) is 38.7 Å². The highest BCUT2D eigenvalue weighted by atomic mass is 19.1. The normalized spacial score (nSPS) is 21.8. The number of hydrogen-bond donors (Lipinski definition) is 1. The Bertz CT molecular complexity index is 647. The number of halogens is 1. The van der Waals surface area contributed by atoms with Crippen LogP contribution in [-0.4, -0.2) is 47.6 Å². The Kier molecular flexibility index (Phi) is 4.85. The van der Waals surface area contributed by atoms with Gasteiger partial charge >= 0.3 is 0 Å². The van der Waals surface area contributed by atoms with Crippen molar-refractivity contribution < 1.29 is 19.1 Å². The van der Waals surface area contributed by atoms with Crippen molar-refractivity contribution in [2.75, 3.05) is 24.5 Å². The largest absolute Gasteiger partial charge is 0.393 e. The van der Waals surface area contributed by atoms with Gasteiger partial charge in [0.05, 0.1) is 6.10 Å². The molecule has 6 heteroatoms. The lowest BCUT2D eigenvalue weighted by atomic mass is 10.0. The minimum Gasteiger partial charge on any atom is -0.393 e. The average Bonchev–Trinajstić information content (AvgIpc) is 3.04. The number of anilines is 1. The number of carbonyl (C=O) groups is 2. The number of benzene rings is 1. The molecule has 2 aliphatic rings. The molecule has 5 nitrogen and oxygen atoms in total. The SMILES string of the molecule is CC(O)C1CCN(C(=O)CCN2C(=O)CCc3cc(F)ccc32)C1. The smallest absolute Gasteiger partial charge is 0.227 e. The van der Waals surface area contributed by atoms with Crippen LogP contribution < -0.4 is 4.90 Å². The van der Waals surface area contributed by atoms with E-state index in [9.17, 15) is 19.1 Å². The van der Waals surface area contributed by atoms with E-state index in [-0.39, 0.29) is 30.0 Å². The second kappa shape index (κ2) is 6.89. The molecule has 2 aliphatic heterocycles. The number of nitrogens with zero attached hydrogens (tertiary/aromatic N) is 2. The number of aliphatic hydroxyl groups is 1. The molecule has 0 aromatic heterocycles. The maximum absolute atomic E-state index is 13.4. The molecule has 0 bridgehead atoms. The summed E-state index contributed by atoms with van der Waals surface area (Å²) < 4.78 is 13.4. The van der Waals surface area contributed by atoms with E-state index in [0.29, 0.717) is 38.2 Å². The van der Waals surface area contributed by atoms with Gasteiger partial charge in [-0.2, -0.15) is 0 Å². The molecule has 0 saturated carbocycles. The van der Waals surface area contributed by atoms with Crippen LogP contribution in [0.2, 0.25) is 0 Å². The van der Waals surface area contributed by atoms with Crippen LogP contribution in [0.3, 0.4) is 0 Å². The van der Waals surface area contributed by atoms with E-state index in [4.69, 9.17) is 0 Å². The van der Waals surface area contributed by atoms with E-state index in [1.54, 1.807) is 22.8 Å². The third kappa shape index (κ3) is 3.43. The number of rotatable bonds is 4. The fraction of sp³-hybridized carbons (Fsp3) is 0.556. The van der Waals surface area contributed by atoms with Gasteiger partial charge in [-0.3, -0.25) is 9.59 Å². The summed E-state index contributed by atoms with van der Waals surface area (Å²) in [7, 11) is 0. The van der Waals surface area contributed by atoms with Gasteiger partial charge in [0.15, 0.2) is 0 Å². The Balaban J connectivity index is 1.62. The van der Waals surface area contributed by atoms with Crippen molar-refractivity contribution in [3.63, 3.8) is 0 Å². The van der Waals surface area contributed by atoms with Crippen LogP contribution in [0.15, 0.2) is 18.2 Å². The molecule has 1 aromatic rings. The minimum atomic E-state index is -0.409. The predicted molar refractivity (Wildman–Crippen MR) is 88.1 cm³/mol. The maximum Gasteiger partial charge on any atom is 0.227 e. The Morgan fingerprint density at radius 3 is 2.92 bits per heavy atom. The lowest BCUT2D eigenvalue weighted by Crippen LogP contribution is -2.39. The summed E-state index contributed by atoms with van der Waals surface area (Å²) >= 11 is 0. The van der Waals surface area contributed by atoms with Gasteiger partial charge in [0, 0.05) is 44.1 Å². The predicted octanol–water partition coefficient (Wildman–Crippen LogP) is 1.72. The summed E-state index contributed by atoms with van der Waals surface area (Å²) in [5, 5.41) is 9.63. The molecule has 1 N–H and O–H groups in total. The maximum atomic E-state index is 13.4. The highest BCUT2D eigenvalue weighted by molar-refractivity contribution is 5.97. The van der Waals surface area contributed by atoms with Crippen LogP contribution in [-0.2, 0) is 16.0 Å². The quantitative estimate of drug-likeness (QED) is 0.912. The Morgan fingerprint density at radius 1 is 1.42 bits per heavy atom. The van der Waals surface area contributed by atoms with Crippen LogP contribution in [0, 0.1) is 11.7 Å². The van der Waals surface area contributed by atoms with Gasteiger partial charge in [-0.25, -0.2) is 4.39 Å². The van der Waals surface area contributed by atoms with Gasteiger partial charge in [0.1, 0.15) is 5.82 Å². The van der Waals surface area contributed by atoms with Crippen LogP contribution in [0.5, 0.6) is 0 Å². The van der Waals surface area contributed by atoms with Gasteiger partial charge in [-0.05, 0) is 43.5 Å². The molecule has 24 heavy (non-hydrogen) atoms. The molecule has 1 saturated heterocycles. The van der Waals surface area contributed by atoms with Crippen molar-refractivity contribution >= 4 is 17.5 Å². The first kappa shape index (κ1) is 16.9. The third-order valence-electron chi connectivity index (χ3n) is 5.05. The fourth-order valence-corrected chi connectivity index (χ4v) is 3.55. The van der Waals surface area contributed by atoms with Crippen LogP contribution in [0.4, 0.5) is 10.1 Å². The van der Waals surface area contributed by atoms with Gasteiger partial charge in [-0.15, -0.1) is 0 Å². The second-order valence-corrected chi connectivity index (χ2v) is 6.70. The molecule has 0 aliphatic carbocycles. The molecular weight excluding hydrogens is 311 g/mol. The number of fused-ring (bicyclic) bond motifs is 1. The lowest BCUT2D eigenvalue weighted by molar-refractivity contribution is -0.130. The van der Waals surface area contributed by atoms with Gasteiger partial charge in [-0.1, -0.05) is 0 Å². The van der Waals surface area contributed by atoms with Crippen molar-refractivity contribution in [2.24, 2.45) is 5.92 Å². The molecule has 3 rings (SSSR count). The zero-order valence-corrected chi connectivity index (χ0v) is 13.9. The van der Waals surface area contributed by atoms with E-state index in [1.165, 1.54) is 12.1 Å². The van der Waals surface area contributed by atoms with E-state index in [2.05, 4.69) is 0 Å². The van der Waals surface area contributed by atoms with Gasteiger partial charge < -0.3 is 14.9 Å². The van der Waals surface area contributed by atoms with Crippen molar-refractivity contribution in [1.29, 1.82) is 0 Å². The number of aryl methyl sites for hydroxylation is 1. The first-order chi connectivity index (χ1) is 11.5. The fourth-order valence-electron chi connectivity index (χ4n) is 3.55. The lowest BCUT2D eigenvalue weighted by Gasteiger charge is -2.30. The van der Waals surface area contributed by atoms with Crippen molar-refractivity contribution in [1.82, 2.24) is 4.90 Å². The molecule has 1 aromatic carbocycles. The topological polar surface area (TPSA) is 60.9 Å². The zero-order valence-electron chi connectivity index (χ0n) is 13.9. The van der Waals surface area contributed by atoms with Crippen LogP contribution >= 0.6 is 0 Å². The molecule has 0 spiro atoms. The molecule has 0 radical (unpaired) electrons. The number of likely N-dealkylation sites (tertiary alicyclic amines) is 1. The Hall–Kier alpha value is -1.95. The molecule has 1 fully saturated rings.